The van der Waals surface area contributed by atoms with Crippen molar-refractivity contribution in [1.82, 2.24) is 9.97 Å². The Hall–Kier alpha value is -5.70. The van der Waals surface area contributed by atoms with Gasteiger partial charge >= 0.3 is 12.0 Å². The quantitative estimate of drug-likeness (QED) is 0.123. The summed E-state index contributed by atoms with van der Waals surface area (Å²) in [5, 5.41) is 0. The van der Waals surface area contributed by atoms with Crippen LogP contribution < -0.4 is 15.4 Å². The lowest BCUT2D eigenvalue weighted by Crippen LogP contribution is -2.48. The molecule has 0 saturated carbocycles. The lowest BCUT2D eigenvalue weighted by molar-refractivity contribution is -0.330. The second-order valence-corrected chi connectivity index (χ2v) is 11.1. The van der Waals surface area contributed by atoms with Gasteiger partial charge in [-0.2, -0.15) is 4.79 Å². The first-order valence-corrected chi connectivity index (χ1v) is 14.6. The summed E-state index contributed by atoms with van der Waals surface area (Å²) in [5.41, 5.74) is 8.83. The SMILES string of the molecule is COc1cc(N2CCCCc3ccccc32)ccc1C(=O)[N+](=C=O)c1cccc2[nH]c(C3(N)C(=O)c4ccccc4C3=O)nc12. The number of Topliss-reactive ketones (excluding diaryl/α,β-unsaturated/α-hetero) is 2. The van der Waals surface area contributed by atoms with E-state index in [1.165, 1.54) is 18.7 Å². The minimum atomic E-state index is -2.08. The number of nitrogens with two attached hydrogens (primary N) is 1. The molecule has 0 radical (unpaired) electrons. The predicted octanol–water partition coefficient (Wildman–Crippen LogP) is 5.10. The second-order valence-electron chi connectivity index (χ2n) is 11.1. The van der Waals surface area contributed by atoms with Crippen LogP contribution in [0, 0.1) is 0 Å². The van der Waals surface area contributed by atoms with E-state index in [-0.39, 0.29) is 39.5 Å². The zero-order valence-corrected chi connectivity index (χ0v) is 24.4. The van der Waals surface area contributed by atoms with Crippen molar-refractivity contribution in [2.75, 3.05) is 18.6 Å². The van der Waals surface area contributed by atoms with Gasteiger partial charge in [-0.25, -0.2) is 9.78 Å². The largest absolute Gasteiger partial charge is 0.496 e. The molecule has 1 aliphatic heterocycles. The lowest BCUT2D eigenvalue weighted by atomic mass is 9.94. The standard InChI is InChI=1S/C35H28N5O5/c1-45-29-19-22(39-18-7-6-10-21-9-2-5-14-27(21)39)16-17-25(29)33(44)40(20-41)28-15-8-13-26-30(28)38-34(37-26)35(36)31(42)23-11-3-4-12-24(23)32(35)43/h2-5,8-9,11-17,19H,6-7,10,18,36H2,1H3,(H,37,38)/q+1. The van der Waals surface area contributed by atoms with Crippen LogP contribution >= 0.6 is 0 Å². The highest BCUT2D eigenvalue weighted by Crippen LogP contribution is 2.38. The Bertz CT molecular complexity index is 2070. The summed E-state index contributed by atoms with van der Waals surface area (Å²) >= 11 is 0. The number of fused-ring (bicyclic) bond motifs is 3. The smallest absolute Gasteiger partial charge is 0.440 e. The van der Waals surface area contributed by atoms with Crippen molar-refractivity contribution < 1.29 is 28.5 Å². The highest BCUT2D eigenvalue weighted by molar-refractivity contribution is 6.32. The number of carbonyl (C=O) groups is 3. The summed E-state index contributed by atoms with van der Waals surface area (Å²) < 4.78 is 6.46. The van der Waals surface area contributed by atoms with E-state index >= 15 is 0 Å². The molecule has 2 aliphatic rings. The molecule has 0 atom stereocenters. The molecule has 1 aromatic heterocycles. The van der Waals surface area contributed by atoms with Crippen LogP contribution in [0.5, 0.6) is 5.75 Å². The molecular weight excluding hydrogens is 570 g/mol. The number of aryl methyl sites for hydroxylation is 1. The van der Waals surface area contributed by atoms with Crippen LogP contribution in [-0.2, 0) is 16.8 Å². The first kappa shape index (κ1) is 28.1. The first-order valence-electron chi connectivity index (χ1n) is 14.6. The molecule has 10 nitrogen and oxygen atoms in total. The Balaban J connectivity index is 1.26. The van der Waals surface area contributed by atoms with Crippen molar-refractivity contribution in [3.63, 3.8) is 0 Å². The number of H-pyrrole nitrogens is 1. The lowest BCUT2D eigenvalue weighted by Gasteiger charge is -2.25. The summed E-state index contributed by atoms with van der Waals surface area (Å²) in [5.74, 6) is -1.67. The van der Waals surface area contributed by atoms with Crippen molar-refractivity contribution in [2.45, 2.75) is 24.8 Å². The molecule has 0 bridgehead atoms. The Morgan fingerprint density at radius 3 is 2.44 bits per heavy atom. The summed E-state index contributed by atoms with van der Waals surface area (Å²) in [6, 6.07) is 24.7. The number of hydrogen-bond acceptors (Lipinski definition) is 8. The van der Waals surface area contributed by atoms with E-state index < -0.39 is 23.0 Å². The summed E-state index contributed by atoms with van der Waals surface area (Å²) in [6.07, 6.45) is 4.80. The molecule has 1 amide bonds. The molecule has 10 heteroatoms. The van der Waals surface area contributed by atoms with Crippen LogP contribution in [0.15, 0.2) is 84.9 Å². The maximum absolute atomic E-state index is 13.9. The van der Waals surface area contributed by atoms with Crippen molar-refractivity contribution in [3.8, 4) is 5.75 Å². The molecule has 45 heavy (non-hydrogen) atoms. The monoisotopic (exact) mass is 598 g/mol. The van der Waals surface area contributed by atoms with Gasteiger partial charge in [-0.3, -0.25) is 9.59 Å². The van der Waals surface area contributed by atoms with E-state index in [0.29, 0.717) is 5.52 Å². The number of amides is 1. The number of carbonyl (C=O) groups excluding carboxylic acids is 4. The fourth-order valence-corrected chi connectivity index (χ4v) is 6.31. The molecule has 4 aromatic carbocycles. The molecule has 0 saturated heterocycles. The number of benzene rings is 4. The normalized spacial score (nSPS) is 15.3. The summed E-state index contributed by atoms with van der Waals surface area (Å²) in [7, 11) is 1.47. The number of anilines is 2. The third-order valence-corrected chi connectivity index (χ3v) is 8.62. The molecule has 1 aliphatic carbocycles. The number of aromatic amines is 1. The number of hydrogen-bond donors (Lipinski definition) is 2. The number of aromatic nitrogens is 2. The highest BCUT2D eigenvalue weighted by atomic mass is 16.5. The fraction of sp³-hybridized carbons (Fsp3) is 0.171. The topological polar surface area (TPSA) is 138 Å². The van der Waals surface area contributed by atoms with Gasteiger partial charge in [0.05, 0.1) is 12.6 Å². The zero-order chi connectivity index (χ0) is 31.3. The first-order chi connectivity index (χ1) is 21.9. The van der Waals surface area contributed by atoms with Gasteiger partial charge in [-0.05, 0) is 53.7 Å². The number of nitrogens with zero attached hydrogens (tertiary/aromatic N) is 3. The number of nitrogens with one attached hydrogen (secondary N) is 1. The van der Waals surface area contributed by atoms with Crippen molar-refractivity contribution in [3.05, 3.63) is 113 Å². The molecule has 0 spiro atoms. The molecule has 7 rings (SSSR count). The Morgan fingerprint density at radius 1 is 0.978 bits per heavy atom. The number of rotatable bonds is 5. The number of imidazole rings is 1. The predicted molar refractivity (Wildman–Crippen MR) is 166 cm³/mol. The van der Waals surface area contributed by atoms with Crippen LogP contribution in [0.25, 0.3) is 11.0 Å². The summed E-state index contributed by atoms with van der Waals surface area (Å²) in [6.45, 7) is 0.809. The molecule has 0 unspecified atom stereocenters. The van der Waals surface area contributed by atoms with Crippen molar-refractivity contribution >= 4 is 51.6 Å². The average Bonchev–Trinajstić information content (AvgIpc) is 3.51. The molecule has 3 N–H and O–H groups in total. The van der Waals surface area contributed by atoms with E-state index in [0.717, 1.165) is 41.8 Å². The van der Waals surface area contributed by atoms with Gasteiger partial charge < -0.3 is 20.4 Å². The molecule has 0 fully saturated rings. The molecular formula is C35H28N5O5+. The van der Waals surface area contributed by atoms with Gasteiger partial charge in [-0.15, -0.1) is 0 Å². The van der Waals surface area contributed by atoms with E-state index in [1.807, 2.05) is 18.2 Å². The maximum atomic E-state index is 13.9. The van der Waals surface area contributed by atoms with Crippen LogP contribution in [0.1, 0.15) is 55.3 Å². The fourth-order valence-electron chi connectivity index (χ4n) is 6.31. The minimum Gasteiger partial charge on any atom is -0.496 e. The van der Waals surface area contributed by atoms with E-state index in [1.54, 1.807) is 54.6 Å². The number of para-hydroxylation sites is 2. The Morgan fingerprint density at radius 2 is 1.71 bits per heavy atom. The number of methoxy groups -OCH3 is 1. The molecule has 222 valence electrons. The second kappa shape index (κ2) is 10.8. The van der Waals surface area contributed by atoms with E-state index in [2.05, 4.69) is 27.0 Å². The maximum Gasteiger partial charge on any atom is 0.440 e. The number of ketones is 2. The average molecular weight is 599 g/mol. The Kier molecular flexibility index (Phi) is 6.73. The Labute approximate surface area is 257 Å². The third-order valence-electron chi connectivity index (χ3n) is 8.62. The van der Waals surface area contributed by atoms with Gasteiger partial charge in [-0.1, -0.05) is 48.5 Å². The summed E-state index contributed by atoms with van der Waals surface area (Å²) in [4.78, 5) is 62.7. The zero-order valence-electron chi connectivity index (χ0n) is 24.4. The van der Waals surface area contributed by atoms with Crippen molar-refractivity contribution in [1.29, 1.82) is 0 Å². The van der Waals surface area contributed by atoms with Gasteiger partial charge in [0.1, 0.15) is 17.1 Å². The van der Waals surface area contributed by atoms with E-state index in [4.69, 9.17) is 10.5 Å². The highest BCUT2D eigenvalue weighted by Gasteiger charge is 2.53. The minimum absolute atomic E-state index is 0.0888. The molecule has 5 aromatic rings. The van der Waals surface area contributed by atoms with Crippen molar-refractivity contribution in [2.24, 2.45) is 5.73 Å². The van der Waals surface area contributed by atoms with Crippen LogP contribution in [-0.4, -0.2) is 51.8 Å². The third kappa shape index (κ3) is 4.30. The number of isocyanates is 1. The van der Waals surface area contributed by atoms with Gasteiger partial charge in [0.2, 0.25) is 5.54 Å². The van der Waals surface area contributed by atoms with Gasteiger partial charge in [0.15, 0.2) is 17.1 Å². The van der Waals surface area contributed by atoms with E-state index in [9.17, 15) is 19.2 Å². The van der Waals surface area contributed by atoms with Crippen LogP contribution in [0.3, 0.4) is 0 Å². The molecule has 2 heterocycles. The van der Waals surface area contributed by atoms with Crippen LogP contribution in [0.2, 0.25) is 0 Å². The van der Waals surface area contributed by atoms with Gasteiger partial charge in [0.25, 0.3) is 5.69 Å². The van der Waals surface area contributed by atoms with Crippen LogP contribution in [0.4, 0.5) is 17.1 Å². The van der Waals surface area contributed by atoms with Gasteiger partial charge in [0, 0.05) is 41.2 Å². The number of ether oxygens (including phenoxy) is 1.